The van der Waals surface area contributed by atoms with E-state index in [9.17, 15) is 4.79 Å². The molecule has 0 fully saturated rings. The first-order chi connectivity index (χ1) is 9.67. The van der Waals surface area contributed by atoms with E-state index in [1.807, 2.05) is 13.0 Å². The maximum atomic E-state index is 12.2. The highest BCUT2D eigenvalue weighted by molar-refractivity contribution is 7.08. The highest BCUT2D eigenvalue weighted by Gasteiger charge is 2.16. The molecule has 2 aromatic rings. The number of carbonyl (C=O) groups excluding carboxylic acids is 1. The van der Waals surface area contributed by atoms with Gasteiger partial charge in [-0.15, -0.1) is 5.10 Å². The first-order valence-electron chi connectivity index (χ1n) is 6.08. The van der Waals surface area contributed by atoms with E-state index in [1.54, 1.807) is 25.1 Å². The lowest BCUT2D eigenvalue weighted by molar-refractivity contribution is 0.102. The Morgan fingerprint density at radius 1 is 1.45 bits per heavy atom. The standard InChI is InChI=1S/C13H14N4O2S/c1-3-10-12(20-17-15-10)13(18)14-11-7-5-4-6-9(11)8(2)16-19/h4-7,19H,3H2,1-2H3,(H,14,18). The molecule has 2 rings (SSSR count). The van der Waals surface area contributed by atoms with Crippen LogP contribution in [0.3, 0.4) is 0 Å². The van der Waals surface area contributed by atoms with Crippen molar-refractivity contribution >= 4 is 28.8 Å². The number of nitrogens with one attached hydrogen (secondary N) is 1. The molecule has 0 saturated carbocycles. The van der Waals surface area contributed by atoms with Gasteiger partial charge in [-0.25, -0.2) is 0 Å². The molecule has 7 heteroatoms. The fourth-order valence-corrected chi connectivity index (χ4v) is 2.40. The van der Waals surface area contributed by atoms with Crippen LogP contribution in [0.25, 0.3) is 0 Å². The molecule has 2 N–H and O–H groups in total. The van der Waals surface area contributed by atoms with Crippen molar-refractivity contribution in [3.8, 4) is 0 Å². The summed E-state index contributed by atoms with van der Waals surface area (Å²) in [5.41, 5.74) is 2.36. The molecule has 1 heterocycles. The van der Waals surface area contributed by atoms with Crippen molar-refractivity contribution in [2.45, 2.75) is 20.3 Å². The third-order valence-corrected chi connectivity index (χ3v) is 3.58. The second kappa shape index (κ2) is 6.25. The molecule has 0 bridgehead atoms. The molecule has 1 aromatic heterocycles. The van der Waals surface area contributed by atoms with Crippen molar-refractivity contribution in [3.63, 3.8) is 0 Å². The Bertz CT molecular complexity index is 651. The van der Waals surface area contributed by atoms with Crippen LogP contribution in [-0.2, 0) is 6.42 Å². The van der Waals surface area contributed by atoms with Crippen LogP contribution in [0.2, 0.25) is 0 Å². The molecule has 0 aliphatic carbocycles. The number of anilines is 1. The molecular formula is C13H14N4O2S. The van der Waals surface area contributed by atoms with Gasteiger partial charge in [0.2, 0.25) is 0 Å². The Hall–Kier alpha value is -2.28. The van der Waals surface area contributed by atoms with Crippen molar-refractivity contribution in [2.24, 2.45) is 5.16 Å². The molecule has 0 aliphatic rings. The number of para-hydroxylation sites is 1. The van der Waals surface area contributed by atoms with Gasteiger partial charge in [-0.1, -0.05) is 34.8 Å². The number of benzene rings is 1. The van der Waals surface area contributed by atoms with Crippen molar-refractivity contribution in [2.75, 3.05) is 5.32 Å². The van der Waals surface area contributed by atoms with Crippen LogP contribution in [-0.4, -0.2) is 26.4 Å². The van der Waals surface area contributed by atoms with Crippen molar-refractivity contribution in [1.82, 2.24) is 9.59 Å². The van der Waals surface area contributed by atoms with Crippen LogP contribution in [0.1, 0.15) is 34.8 Å². The minimum atomic E-state index is -0.255. The lowest BCUT2D eigenvalue weighted by Gasteiger charge is -2.09. The van der Waals surface area contributed by atoms with E-state index in [0.29, 0.717) is 34.0 Å². The molecule has 0 saturated heterocycles. The second-order valence-electron chi connectivity index (χ2n) is 4.09. The zero-order chi connectivity index (χ0) is 14.5. The Balaban J connectivity index is 2.29. The van der Waals surface area contributed by atoms with Crippen LogP contribution in [0.15, 0.2) is 29.4 Å². The van der Waals surface area contributed by atoms with Gasteiger partial charge in [-0.3, -0.25) is 4.79 Å². The maximum absolute atomic E-state index is 12.2. The predicted molar refractivity (Wildman–Crippen MR) is 77.7 cm³/mol. The molecule has 0 unspecified atom stereocenters. The number of oxime groups is 1. The smallest absolute Gasteiger partial charge is 0.269 e. The van der Waals surface area contributed by atoms with Crippen LogP contribution in [0.5, 0.6) is 0 Å². The zero-order valence-corrected chi connectivity index (χ0v) is 11.9. The second-order valence-corrected chi connectivity index (χ2v) is 4.84. The highest BCUT2D eigenvalue weighted by atomic mass is 32.1. The fourth-order valence-electron chi connectivity index (χ4n) is 1.75. The number of hydrogen-bond donors (Lipinski definition) is 2. The van der Waals surface area contributed by atoms with Crippen LogP contribution in [0.4, 0.5) is 5.69 Å². The van der Waals surface area contributed by atoms with E-state index in [4.69, 9.17) is 5.21 Å². The topological polar surface area (TPSA) is 87.5 Å². The van der Waals surface area contributed by atoms with Gasteiger partial charge in [0.25, 0.3) is 5.91 Å². The van der Waals surface area contributed by atoms with Gasteiger partial charge in [0.15, 0.2) is 0 Å². The normalized spacial score (nSPS) is 11.4. The summed E-state index contributed by atoms with van der Waals surface area (Å²) in [6, 6.07) is 7.14. The summed E-state index contributed by atoms with van der Waals surface area (Å²) < 4.78 is 3.80. The molecule has 1 aromatic carbocycles. The minimum Gasteiger partial charge on any atom is -0.411 e. The van der Waals surface area contributed by atoms with Gasteiger partial charge in [0, 0.05) is 5.56 Å². The van der Waals surface area contributed by atoms with E-state index < -0.39 is 0 Å². The number of aryl methyl sites for hydroxylation is 1. The van der Waals surface area contributed by atoms with Gasteiger partial charge < -0.3 is 10.5 Å². The fraction of sp³-hybridized carbons (Fsp3) is 0.231. The van der Waals surface area contributed by atoms with E-state index in [2.05, 4.69) is 20.1 Å². The largest absolute Gasteiger partial charge is 0.411 e. The molecule has 6 nitrogen and oxygen atoms in total. The van der Waals surface area contributed by atoms with Gasteiger partial charge in [0.1, 0.15) is 4.88 Å². The summed E-state index contributed by atoms with van der Waals surface area (Å²) in [6.45, 7) is 3.58. The average Bonchev–Trinajstić information content (AvgIpc) is 2.95. The van der Waals surface area contributed by atoms with Gasteiger partial charge in [-0.05, 0) is 30.9 Å². The summed E-state index contributed by atoms with van der Waals surface area (Å²) in [6.07, 6.45) is 0.651. The van der Waals surface area contributed by atoms with Crippen LogP contribution < -0.4 is 5.32 Å². The van der Waals surface area contributed by atoms with Crippen molar-refractivity contribution in [1.29, 1.82) is 0 Å². The summed E-state index contributed by atoms with van der Waals surface area (Å²) in [5, 5.41) is 18.8. The monoisotopic (exact) mass is 290 g/mol. The Kier molecular flexibility index (Phi) is 4.41. The molecule has 0 aliphatic heterocycles. The summed E-state index contributed by atoms with van der Waals surface area (Å²) in [4.78, 5) is 12.7. The minimum absolute atomic E-state index is 0.255. The number of amides is 1. The number of nitrogens with zero attached hydrogens (tertiary/aromatic N) is 3. The first kappa shape index (κ1) is 14.1. The third-order valence-electron chi connectivity index (χ3n) is 2.81. The average molecular weight is 290 g/mol. The molecule has 0 spiro atoms. The lowest BCUT2D eigenvalue weighted by Crippen LogP contribution is -2.14. The Labute approximate surface area is 120 Å². The number of hydrogen-bond acceptors (Lipinski definition) is 6. The number of aromatic nitrogens is 2. The quantitative estimate of drug-likeness (QED) is 0.514. The van der Waals surface area contributed by atoms with E-state index in [0.717, 1.165) is 11.5 Å². The SMILES string of the molecule is CCc1nnsc1C(=O)Nc1ccccc1C(C)=NO. The Morgan fingerprint density at radius 2 is 2.20 bits per heavy atom. The van der Waals surface area contributed by atoms with E-state index in [1.165, 1.54) is 0 Å². The molecule has 104 valence electrons. The number of carbonyl (C=O) groups is 1. The van der Waals surface area contributed by atoms with Crippen molar-refractivity contribution < 1.29 is 10.0 Å². The Morgan fingerprint density at radius 3 is 2.90 bits per heavy atom. The molecule has 0 radical (unpaired) electrons. The first-order valence-corrected chi connectivity index (χ1v) is 6.85. The van der Waals surface area contributed by atoms with Crippen LogP contribution in [0, 0.1) is 0 Å². The molecular weight excluding hydrogens is 276 g/mol. The molecule has 0 atom stereocenters. The molecule has 1 amide bonds. The summed E-state index contributed by atoms with van der Waals surface area (Å²) in [5.74, 6) is -0.255. The molecule has 20 heavy (non-hydrogen) atoms. The van der Waals surface area contributed by atoms with E-state index >= 15 is 0 Å². The number of rotatable bonds is 4. The van der Waals surface area contributed by atoms with Gasteiger partial charge in [-0.2, -0.15) is 0 Å². The maximum Gasteiger partial charge on any atom is 0.269 e. The summed E-state index contributed by atoms with van der Waals surface area (Å²) in [7, 11) is 0. The van der Waals surface area contributed by atoms with Crippen molar-refractivity contribution in [3.05, 3.63) is 40.4 Å². The zero-order valence-electron chi connectivity index (χ0n) is 11.1. The van der Waals surface area contributed by atoms with Crippen LogP contribution >= 0.6 is 11.5 Å². The van der Waals surface area contributed by atoms with E-state index in [-0.39, 0.29) is 5.91 Å². The van der Waals surface area contributed by atoms with Gasteiger partial charge in [0.05, 0.1) is 17.1 Å². The summed E-state index contributed by atoms with van der Waals surface area (Å²) >= 11 is 1.07. The third kappa shape index (κ3) is 2.83. The lowest BCUT2D eigenvalue weighted by atomic mass is 10.1. The highest BCUT2D eigenvalue weighted by Crippen LogP contribution is 2.19. The predicted octanol–water partition coefficient (Wildman–Crippen LogP) is 2.55. The van der Waals surface area contributed by atoms with Gasteiger partial charge >= 0.3 is 0 Å².